The van der Waals surface area contributed by atoms with Gasteiger partial charge >= 0.3 is 0 Å². The summed E-state index contributed by atoms with van der Waals surface area (Å²) in [6.07, 6.45) is 1.76. The van der Waals surface area contributed by atoms with Gasteiger partial charge in [-0.3, -0.25) is 14.1 Å². The summed E-state index contributed by atoms with van der Waals surface area (Å²) in [4.78, 5) is 19.0. The standard InChI is InChI=1S/C16H21N3O/c1-5-18(10-12(2)3)11-14-9-15(20)19-8-6-7-13(4)16(19)17-14/h6-9H,2,5,10-11H2,1,3-4H3. The minimum Gasteiger partial charge on any atom is -0.294 e. The number of rotatable bonds is 5. The lowest BCUT2D eigenvalue weighted by Gasteiger charge is -2.20. The molecule has 0 fully saturated rings. The predicted octanol–water partition coefficient (Wildman–Crippen LogP) is 2.40. The van der Waals surface area contributed by atoms with Gasteiger partial charge in [-0.05, 0) is 32.0 Å². The second-order valence-corrected chi connectivity index (χ2v) is 5.23. The number of fused-ring (bicyclic) bond motifs is 1. The van der Waals surface area contributed by atoms with E-state index in [1.54, 1.807) is 16.7 Å². The molecular weight excluding hydrogens is 250 g/mol. The quantitative estimate of drug-likeness (QED) is 0.784. The number of nitrogens with zero attached hydrogens (tertiary/aromatic N) is 3. The molecule has 20 heavy (non-hydrogen) atoms. The minimum absolute atomic E-state index is 0.0277. The summed E-state index contributed by atoms with van der Waals surface area (Å²) < 4.78 is 1.59. The van der Waals surface area contributed by atoms with Gasteiger partial charge in [-0.15, -0.1) is 0 Å². The molecule has 4 heteroatoms. The van der Waals surface area contributed by atoms with Crippen molar-refractivity contribution < 1.29 is 0 Å². The molecule has 106 valence electrons. The first-order chi connectivity index (χ1) is 9.51. The maximum atomic E-state index is 12.1. The Morgan fingerprint density at radius 3 is 2.90 bits per heavy atom. The summed E-state index contributed by atoms with van der Waals surface area (Å²) >= 11 is 0. The molecule has 4 nitrogen and oxygen atoms in total. The first-order valence-electron chi connectivity index (χ1n) is 6.86. The van der Waals surface area contributed by atoms with Crippen LogP contribution >= 0.6 is 0 Å². The van der Waals surface area contributed by atoms with Gasteiger partial charge in [0.1, 0.15) is 5.65 Å². The van der Waals surface area contributed by atoms with E-state index in [1.807, 2.05) is 26.0 Å². The molecule has 2 rings (SSSR count). The van der Waals surface area contributed by atoms with E-state index < -0.39 is 0 Å². The number of likely N-dealkylation sites (N-methyl/N-ethyl adjacent to an activating group) is 1. The molecule has 0 aliphatic heterocycles. The van der Waals surface area contributed by atoms with Crippen molar-refractivity contribution in [2.24, 2.45) is 0 Å². The smallest absolute Gasteiger partial charge is 0.258 e. The Morgan fingerprint density at radius 2 is 2.25 bits per heavy atom. The molecule has 2 aromatic rings. The number of hydrogen-bond acceptors (Lipinski definition) is 3. The van der Waals surface area contributed by atoms with Crippen LogP contribution in [0, 0.1) is 6.92 Å². The van der Waals surface area contributed by atoms with Crippen molar-refractivity contribution in [1.29, 1.82) is 0 Å². The fourth-order valence-corrected chi connectivity index (χ4v) is 2.28. The monoisotopic (exact) mass is 271 g/mol. The van der Waals surface area contributed by atoms with E-state index in [1.165, 1.54) is 0 Å². The first kappa shape index (κ1) is 14.5. The van der Waals surface area contributed by atoms with Crippen LogP contribution in [0.3, 0.4) is 0 Å². The zero-order valence-corrected chi connectivity index (χ0v) is 12.4. The molecule has 0 aromatic carbocycles. The highest BCUT2D eigenvalue weighted by atomic mass is 16.1. The van der Waals surface area contributed by atoms with Crippen LogP contribution in [0.1, 0.15) is 25.1 Å². The number of aryl methyl sites for hydroxylation is 1. The lowest BCUT2D eigenvalue weighted by atomic mass is 10.2. The summed E-state index contributed by atoms with van der Waals surface area (Å²) in [5.74, 6) is 0. The topological polar surface area (TPSA) is 37.6 Å². The van der Waals surface area contributed by atoms with Gasteiger partial charge in [0.05, 0.1) is 5.69 Å². The van der Waals surface area contributed by atoms with Crippen LogP contribution in [-0.2, 0) is 6.54 Å². The van der Waals surface area contributed by atoms with E-state index in [9.17, 15) is 4.79 Å². The predicted molar refractivity (Wildman–Crippen MR) is 82.0 cm³/mol. The molecule has 0 atom stereocenters. The van der Waals surface area contributed by atoms with Crippen LogP contribution in [0.25, 0.3) is 5.65 Å². The third-order valence-electron chi connectivity index (χ3n) is 3.27. The Morgan fingerprint density at radius 1 is 1.50 bits per heavy atom. The van der Waals surface area contributed by atoms with E-state index in [2.05, 4.69) is 23.4 Å². The third kappa shape index (κ3) is 3.14. The fourth-order valence-electron chi connectivity index (χ4n) is 2.28. The van der Waals surface area contributed by atoms with E-state index in [0.29, 0.717) is 6.54 Å². The molecule has 0 aliphatic rings. The summed E-state index contributed by atoms with van der Waals surface area (Å²) in [6, 6.07) is 5.45. The Bertz CT molecular complexity index is 688. The summed E-state index contributed by atoms with van der Waals surface area (Å²) in [6.45, 7) is 12.4. The van der Waals surface area contributed by atoms with Gasteiger partial charge in [0.25, 0.3) is 5.56 Å². The number of hydrogen-bond donors (Lipinski definition) is 0. The van der Waals surface area contributed by atoms with Crippen molar-refractivity contribution in [1.82, 2.24) is 14.3 Å². The first-order valence-corrected chi connectivity index (χ1v) is 6.86. The average molecular weight is 271 g/mol. The molecule has 0 saturated carbocycles. The van der Waals surface area contributed by atoms with Crippen LogP contribution in [0.5, 0.6) is 0 Å². The Kier molecular flexibility index (Phi) is 4.35. The lowest BCUT2D eigenvalue weighted by Crippen LogP contribution is -2.26. The zero-order valence-electron chi connectivity index (χ0n) is 12.4. The number of pyridine rings is 1. The van der Waals surface area contributed by atoms with Crippen molar-refractivity contribution in [3.63, 3.8) is 0 Å². The summed E-state index contributed by atoms with van der Waals surface area (Å²) in [5.41, 5.74) is 3.64. The summed E-state index contributed by atoms with van der Waals surface area (Å²) in [5, 5.41) is 0. The van der Waals surface area contributed by atoms with Gasteiger partial charge in [0, 0.05) is 25.4 Å². The van der Waals surface area contributed by atoms with Gasteiger partial charge in [-0.1, -0.05) is 25.1 Å². The molecule has 0 bridgehead atoms. The van der Waals surface area contributed by atoms with E-state index in [-0.39, 0.29) is 5.56 Å². The Balaban J connectivity index is 2.38. The highest BCUT2D eigenvalue weighted by molar-refractivity contribution is 5.46. The van der Waals surface area contributed by atoms with Crippen molar-refractivity contribution in [3.05, 3.63) is 58.2 Å². The normalized spacial score (nSPS) is 11.2. The van der Waals surface area contributed by atoms with Crippen molar-refractivity contribution >= 4 is 5.65 Å². The molecule has 0 amide bonds. The largest absolute Gasteiger partial charge is 0.294 e. The second-order valence-electron chi connectivity index (χ2n) is 5.23. The third-order valence-corrected chi connectivity index (χ3v) is 3.27. The van der Waals surface area contributed by atoms with E-state index in [0.717, 1.165) is 35.6 Å². The Hall–Kier alpha value is -1.94. The second kappa shape index (κ2) is 6.01. The Labute approximate surface area is 119 Å². The molecule has 0 N–H and O–H groups in total. The molecule has 0 unspecified atom stereocenters. The van der Waals surface area contributed by atoms with E-state index >= 15 is 0 Å². The molecule has 0 aliphatic carbocycles. The SMILES string of the molecule is C=C(C)CN(CC)Cc1cc(=O)n2cccc(C)c2n1. The maximum absolute atomic E-state index is 12.1. The highest BCUT2D eigenvalue weighted by Gasteiger charge is 2.08. The van der Waals surface area contributed by atoms with Gasteiger partial charge < -0.3 is 0 Å². The molecular formula is C16H21N3O. The van der Waals surface area contributed by atoms with E-state index in [4.69, 9.17) is 0 Å². The number of aromatic nitrogens is 2. The van der Waals surface area contributed by atoms with Crippen molar-refractivity contribution in [2.45, 2.75) is 27.3 Å². The fraction of sp³-hybridized carbons (Fsp3) is 0.375. The average Bonchev–Trinajstić information content (AvgIpc) is 2.39. The van der Waals surface area contributed by atoms with Crippen LogP contribution in [-0.4, -0.2) is 27.4 Å². The van der Waals surface area contributed by atoms with Gasteiger partial charge in [-0.25, -0.2) is 4.98 Å². The van der Waals surface area contributed by atoms with Gasteiger partial charge in [0.2, 0.25) is 0 Å². The van der Waals surface area contributed by atoms with Crippen LogP contribution in [0.2, 0.25) is 0 Å². The molecule has 2 heterocycles. The van der Waals surface area contributed by atoms with Crippen molar-refractivity contribution in [3.8, 4) is 0 Å². The van der Waals surface area contributed by atoms with Crippen LogP contribution in [0.15, 0.2) is 41.3 Å². The highest BCUT2D eigenvalue weighted by Crippen LogP contribution is 2.08. The summed E-state index contributed by atoms with van der Waals surface area (Å²) in [7, 11) is 0. The molecule has 2 aromatic heterocycles. The lowest BCUT2D eigenvalue weighted by molar-refractivity contribution is 0.301. The zero-order chi connectivity index (χ0) is 14.7. The molecule has 0 saturated heterocycles. The maximum Gasteiger partial charge on any atom is 0.258 e. The van der Waals surface area contributed by atoms with Crippen LogP contribution < -0.4 is 5.56 Å². The van der Waals surface area contributed by atoms with Gasteiger partial charge in [-0.2, -0.15) is 0 Å². The minimum atomic E-state index is -0.0277. The van der Waals surface area contributed by atoms with Gasteiger partial charge in [0.15, 0.2) is 0 Å². The van der Waals surface area contributed by atoms with Crippen molar-refractivity contribution in [2.75, 3.05) is 13.1 Å². The van der Waals surface area contributed by atoms with Crippen LogP contribution in [0.4, 0.5) is 0 Å². The molecule has 0 radical (unpaired) electrons. The molecule has 0 spiro atoms.